The molecule has 0 bridgehead atoms. The van der Waals surface area contributed by atoms with E-state index in [0.717, 1.165) is 12.8 Å². The van der Waals surface area contributed by atoms with Crippen LogP contribution in [-0.2, 0) is 0 Å². The van der Waals surface area contributed by atoms with Crippen LogP contribution in [0.4, 0.5) is 0 Å². The third-order valence-electron chi connectivity index (χ3n) is 3.42. The zero-order chi connectivity index (χ0) is 14.0. The monoisotopic (exact) mass is 280 g/mol. The van der Waals surface area contributed by atoms with Crippen molar-refractivity contribution >= 4 is 23.1 Å². The van der Waals surface area contributed by atoms with Gasteiger partial charge >= 0.3 is 0 Å². The minimum absolute atomic E-state index is 0.0451. The lowest BCUT2D eigenvalue weighted by Crippen LogP contribution is -2.41. The molecular formula is C13H16N2O3S. The second-order valence-corrected chi connectivity index (χ2v) is 5.11. The van der Waals surface area contributed by atoms with Crippen molar-refractivity contribution in [3.8, 4) is 11.5 Å². The van der Waals surface area contributed by atoms with Gasteiger partial charge in [0.1, 0.15) is 17.1 Å². The third-order valence-corrected chi connectivity index (χ3v) is 3.75. The van der Waals surface area contributed by atoms with E-state index in [0.29, 0.717) is 18.1 Å². The van der Waals surface area contributed by atoms with Crippen molar-refractivity contribution in [2.75, 3.05) is 13.1 Å². The number of nitrogens with two attached hydrogens (primary N) is 1. The number of piperidine rings is 1. The molecule has 1 aliphatic heterocycles. The first-order valence-electron chi connectivity index (χ1n) is 6.10. The SMILES string of the molecule is NC(=S)C1CCN(C(=O)c2c(O)cccc2O)CC1. The van der Waals surface area contributed by atoms with Crippen molar-refractivity contribution in [3.05, 3.63) is 23.8 Å². The quantitative estimate of drug-likeness (QED) is 0.709. The Labute approximate surface area is 116 Å². The normalized spacial score (nSPS) is 16.3. The molecule has 102 valence electrons. The average Bonchev–Trinajstić information content (AvgIpc) is 2.38. The number of hydrogen-bond acceptors (Lipinski definition) is 4. The van der Waals surface area contributed by atoms with Gasteiger partial charge in [-0.3, -0.25) is 4.79 Å². The minimum atomic E-state index is -0.364. The fourth-order valence-electron chi connectivity index (χ4n) is 2.27. The van der Waals surface area contributed by atoms with Gasteiger partial charge in [0.05, 0.1) is 4.99 Å². The van der Waals surface area contributed by atoms with Crippen LogP contribution in [0, 0.1) is 5.92 Å². The summed E-state index contributed by atoms with van der Waals surface area (Å²) < 4.78 is 0. The van der Waals surface area contributed by atoms with Crippen LogP contribution in [0.1, 0.15) is 23.2 Å². The van der Waals surface area contributed by atoms with Gasteiger partial charge in [-0.15, -0.1) is 0 Å². The topological polar surface area (TPSA) is 86.8 Å². The molecule has 1 saturated heterocycles. The third kappa shape index (κ3) is 2.78. The van der Waals surface area contributed by atoms with Gasteiger partial charge in [-0.05, 0) is 25.0 Å². The van der Waals surface area contributed by atoms with Crippen molar-refractivity contribution in [2.45, 2.75) is 12.8 Å². The highest BCUT2D eigenvalue weighted by molar-refractivity contribution is 7.80. The Kier molecular flexibility index (Phi) is 3.90. The number of phenols is 2. The molecule has 2 rings (SSSR count). The number of carbonyl (C=O) groups excluding carboxylic acids is 1. The van der Waals surface area contributed by atoms with Crippen LogP contribution >= 0.6 is 12.2 Å². The second kappa shape index (κ2) is 5.44. The lowest BCUT2D eigenvalue weighted by atomic mass is 9.96. The van der Waals surface area contributed by atoms with Crippen LogP contribution in [-0.4, -0.2) is 39.1 Å². The molecule has 19 heavy (non-hydrogen) atoms. The van der Waals surface area contributed by atoms with E-state index in [9.17, 15) is 15.0 Å². The van der Waals surface area contributed by atoms with E-state index in [1.165, 1.54) is 18.2 Å². The van der Waals surface area contributed by atoms with E-state index in [1.54, 1.807) is 4.90 Å². The van der Waals surface area contributed by atoms with Gasteiger partial charge in [-0.1, -0.05) is 18.3 Å². The first-order chi connectivity index (χ1) is 9.00. The van der Waals surface area contributed by atoms with E-state index >= 15 is 0 Å². The van der Waals surface area contributed by atoms with Crippen molar-refractivity contribution < 1.29 is 15.0 Å². The summed E-state index contributed by atoms with van der Waals surface area (Å²) in [5.74, 6) is -0.614. The van der Waals surface area contributed by atoms with Crippen molar-refractivity contribution in [2.24, 2.45) is 11.7 Å². The van der Waals surface area contributed by atoms with Gasteiger partial charge in [0.15, 0.2) is 0 Å². The molecule has 1 heterocycles. The summed E-state index contributed by atoms with van der Waals surface area (Å²) in [6, 6.07) is 4.25. The predicted octanol–water partition coefficient (Wildman–Crippen LogP) is 1.24. The molecule has 0 saturated carbocycles. The van der Waals surface area contributed by atoms with Crippen LogP contribution in [0.25, 0.3) is 0 Å². The lowest BCUT2D eigenvalue weighted by molar-refractivity contribution is 0.0704. The molecule has 4 N–H and O–H groups in total. The van der Waals surface area contributed by atoms with E-state index in [4.69, 9.17) is 18.0 Å². The van der Waals surface area contributed by atoms with Crippen LogP contribution in [0.3, 0.4) is 0 Å². The van der Waals surface area contributed by atoms with Gasteiger partial charge < -0.3 is 20.8 Å². The first kappa shape index (κ1) is 13.6. The molecular weight excluding hydrogens is 264 g/mol. The van der Waals surface area contributed by atoms with E-state index in [-0.39, 0.29) is 28.9 Å². The number of benzene rings is 1. The van der Waals surface area contributed by atoms with Crippen LogP contribution < -0.4 is 5.73 Å². The molecule has 0 unspecified atom stereocenters. The van der Waals surface area contributed by atoms with Crippen LogP contribution in [0.5, 0.6) is 11.5 Å². The van der Waals surface area contributed by atoms with Crippen molar-refractivity contribution in [1.82, 2.24) is 4.90 Å². The summed E-state index contributed by atoms with van der Waals surface area (Å²) in [6.45, 7) is 1.04. The molecule has 1 aromatic rings. The maximum Gasteiger partial charge on any atom is 0.261 e. The smallest absolute Gasteiger partial charge is 0.261 e. The first-order valence-corrected chi connectivity index (χ1v) is 6.51. The maximum atomic E-state index is 12.3. The zero-order valence-electron chi connectivity index (χ0n) is 10.4. The second-order valence-electron chi connectivity index (χ2n) is 4.64. The van der Waals surface area contributed by atoms with Gasteiger partial charge in [0.25, 0.3) is 5.91 Å². The molecule has 1 aliphatic rings. The van der Waals surface area contributed by atoms with Crippen LogP contribution in [0.15, 0.2) is 18.2 Å². The number of rotatable bonds is 2. The molecule has 1 aromatic carbocycles. The molecule has 1 amide bonds. The Morgan fingerprint density at radius 3 is 2.26 bits per heavy atom. The summed E-state index contributed by atoms with van der Waals surface area (Å²) in [5, 5.41) is 19.4. The Hall–Kier alpha value is -1.82. The summed E-state index contributed by atoms with van der Waals surface area (Å²) in [5.41, 5.74) is 5.55. The number of nitrogens with zero attached hydrogens (tertiary/aromatic N) is 1. The highest BCUT2D eigenvalue weighted by Gasteiger charge is 2.27. The number of phenolic OH excluding ortho intramolecular Hbond substituents is 2. The fourth-order valence-corrected chi connectivity index (χ4v) is 2.51. The standard InChI is InChI=1S/C13H16N2O3S/c14-12(19)8-4-6-15(7-5-8)13(18)11-9(16)2-1-3-10(11)17/h1-3,8,16-17H,4-7H2,(H2,14,19). The molecule has 0 aliphatic carbocycles. The Morgan fingerprint density at radius 1 is 1.26 bits per heavy atom. The highest BCUT2D eigenvalue weighted by atomic mass is 32.1. The van der Waals surface area contributed by atoms with Gasteiger partial charge in [-0.25, -0.2) is 0 Å². The molecule has 5 nitrogen and oxygen atoms in total. The van der Waals surface area contributed by atoms with Gasteiger partial charge in [-0.2, -0.15) is 0 Å². The number of likely N-dealkylation sites (tertiary alicyclic amines) is 1. The number of amides is 1. The summed E-state index contributed by atoms with van der Waals surface area (Å²) in [6.07, 6.45) is 1.44. The molecule has 0 spiro atoms. The predicted molar refractivity (Wildman–Crippen MR) is 75.2 cm³/mol. The maximum absolute atomic E-state index is 12.3. The largest absolute Gasteiger partial charge is 0.507 e. The Morgan fingerprint density at radius 2 is 1.79 bits per heavy atom. The fraction of sp³-hybridized carbons (Fsp3) is 0.385. The lowest BCUT2D eigenvalue weighted by Gasteiger charge is -2.31. The van der Waals surface area contributed by atoms with Crippen LogP contribution in [0.2, 0.25) is 0 Å². The molecule has 0 radical (unpaired) electrons. The van der Waals surface area contributed by atoms with Crippen molar-refractivity contribution in [1.29, 1.82) is 0 Å². The van der Waals surface area contributed by atoms with E-state index in [1.807, 2.05) is 0 Å². The van der Waals surface area contributed by atoms with Crippen molar-refractivity contribution in [3.63, 3.8) is 0 Å². The Balaban J connectivity index is 2.12. The highest BCUT2D eigenvalue weighted by Crippen LogP contribution is 2.29. The molecule has 6 heteroatoms. The van der Waals surface area contributed by atoms with E-state index < -0.39 is 0 Å². The number of hydrogen-bond donors (Lipinski definition) is 3. The molecule has 0 aromatic heterocycles. The molecule has 0 atom stereocenters. The zero-order valence-corrected chi connectivity index (χ0v) is 11.2. The Bertz CT molecular complexity index is 490. The number of carbonyl (C=O) groups is 1. The summed E-state index contributed by atoms with van der Waals surface area (Å²) >= 11 is 4.95. The number of thiocarbonyl (C=S) groups is 1. The summed E-state index contributed by atoms with van der Waals surface area (Å²) in [7, 11) is 0. The molecule has 1 fully saturated rings. The van der Waals surface area contributed by atoms with Gasteiger partial charge in [0.2, 0.25) is 0 Å². The minimum Gasteiger partial charge on any atom is -0.507 e. The van der Waals surface area contributed by atoms with E-state index in [2.05, 4.69) is 0 Å². The average molecular weight is 280 g/mol. The summed E-state index contributed by atoms with van der Waals surface area (Å²) in [4.78, 5) is 14.3. The number of aromatic hydroxyl groups is 2. The van der Waals surface area contributed by atoms with Gasteiger partial charge in [0, 0.05) is 19.0 Å².